The van der Waals surface area contributed by atoms with Gasteiger partial charge in [0.15, 0.2) is 0 Å². The maximum atomic E-state index is 3.92. The number of aryl methyl sites for hydroxylation is 1. The third-order valence-corrected chi connectivity index (χ3v) is 0.743. The number of hydrogen-bond acceptors (Lipinski definition) is 1. The summed E-state index contributed by atoms with van der Waals surface area (Å²) in [6.45, 7) is 1.92. The zero-order chi connectivity index (χ0) is 5.11. The monoisotopic (exact) mass is 380 g/mol. The molecule has 51 valence electrons. The van der Waals surface area contributed by atoms with Crippen molar-refractivity contribution in [3.63, 3.8) is 0 Å². The fourth-order valence-electron chi connectivity index (χ4n) is 0.404. The molecule has 0 N–H and O–H groups in total. The molecule has 1 radical (unpaired) electrons. The second-order valence-electron chi connectivity index (χ2n) is 1.37. The Hall–Kier alpha value is 0.942. The summed E-state index contributed by atoms with van der Waals surface area (Å²) in [7, 11) is 0. The summed E-state index contributed by atoms with van der Waals surface area (Å²) >= 11 is 0. The van der Waals surface area contributed by atoms with Gasteiger partial charge in [0.05, 0.1) is 0 Å². The van der Waals surface area contributed by atoms with Crippen LogP contribution in [0, 0.1) is 20.4 Å². The number of pyridine rings is 1. The van der Waals surface area contributed by atoms with Crippen molar-refractivity contribution in [1.29, 1.82) is 0 Å². The van der Waals surface area contributed by atoms with E-state index in [4.69, 9.17) is 0 Å². The zero-order valence-corrected chi connectivity index (χ0v) is 11.9. The van der Waals surface area contributed by atoms with Crippen molar-refractivity contribution in [2.24, 2.45) is 0 Å². The van der Waals surface area contributed by atoms with Gasteiger partial charge in [-0.2, -0.15) is 6.07 Å². The van der Waals surface area contributed by atoms with Crippen molar-refractivity contribution in [3.8, 4) is 0 Å². The fourth-order valence-corrected chi connectivity index (χ4v) is 0.404. The molecule has 0 aliphatic rings. The number of nitrogens with zero attached hydrogens (tertiary/aromatic N) is 1. The van der Waals surface area contributed by atoms with Crippen LogP contribution in [0.4, 0.5) is 0 Å². The molecule has 0 saturated carbocycles. The molecule has 1 nitrogen and oxygen atoms in total. The molecule has 0 aromatic carbocycles. The first-order valence-electron chi connectivity index (χ1n) is 2.19. The van der Waals surface area contributed by atoms with Gasteiger partial charge in [0.25, 0.3) is 0 Å². The van der Waals surface area contributed by atoms with Gasteiger partial charge in [0, 0.05) is 32.7 Å². The molecule has 0 atom stereocenters. The van der Waals surface area contributed by atoms with Crippen LogP contribution in [0.25, 0.3) is 0 Å². The Labute approximate surface area is 102 Å². The van der Waals surface area contributed by atoms with Crippen LogP contribution in [0.2, 0.25) is 0 Å². The van der Waals surface area contributed by atoms with E-state index >= 15 is 0 Å². The topological polar surface area (TPSA) is 12.9 Å². The first-order chi connectivity index (χ1) is 3.39. The van der Waals surface area contributed by atoms with E-state index in [1.807, 2.05) is 19.1 Å². The van der Waals surface area contributed by atoms with Crippen LogP contribution >= 0.6 is 0 Å². The Bertz CT molecular complexity index is 144. The van der Waals surface area contributed by atoms with Crippen molar-refractivity contribution in [3.05, 3.63) is 37.5 Å². The Morgan fingerprint density at radius 2 is 2.10 bits per heavy atom. The predicted molar refractivity (Wildman–Crippen MR) is 34.2 cm³/mol. The summed E-state index contributed by atoms with van der Waals surface area (Å²) in [5, 5.41) is 0. The summed E-state index contributed by atoms with van der Waals surface area (Å²) in [4.78, 5) is 3.92. The average Bonchev–Trinajstić information content (AvgIpc) is 1.69. The van der Waals surface area contributed by atoms with Crippen LogP contribution in [0.15, 0.2) is 18.3 Å². The fraction of sp³-hybridized carbons (Fsp3) is 0.143. The van der Waals surface area contributed by atoms with Gasteiger partial charge in [0.1, 0.15) is 0 Å². The van der Waals surface area contributed by atoms with Gasteiger partial charge in [-0.05, 0) is 6.92 Å². The Kier molecular flexibility index (Phi) is 17.0. The van der Waals surface area contributed by atoms with Crippen molar-refractivity contribution >= 4 is 0 Å². The molecular formula is C7H9NWY. The van der Waals surface area contributed by atoms with Crippen LogP contribution < -0.4 is 0 Å². The van der Waals surface area contributed by atoms with Gasteiger partial charge in [-0.1, -0.05) is 11.9 Å². The van der Waals surface area contributed by atoms with Gasteiger partial charge in [-0.3, -0.25) is 0 Å². The molecule has 1 rings (SSSR count). The maximum absolute atomic E-state index is 3.92. The average molecular weight is 380 g/mol. The van der Waals surface area contributed by atoms with Gasteiger partial charge in [-0.25, -0.2) is 12.1 Å². The normalized spacial score (nSPS) is 6.10. The molecule has 0 amide bonds. The summed E-state index contributed by atoms with van der Waals surface area (Å²) in [5.74, 6) is 0. The van der Waals surface area contributed by atoms with E-state index in [0.717, 1.165) is 5.69 Å². The number of aromatic nitrogens is 1. The van der Waals surface area contributed by atoms with Crippen molar-refractivity contribution in [2.45, 2.75) is 6.92 Å². The van der Waals surface area contributed by atoms with Crippen molar-refractivity contribution in [2.75, 3.05) is 0 Å². The van der Waals surface area contributed by atoms with E-state index in [1.54, 1.807) is 6.20 Å². The second-order valence-corrected chi connectivity index (χ2v) is 1.37. The smallest absolute Gasteiger partial charge is 0.358 e. The Balaban J connectivity index is -0.000000163. The molecule has 1 heterocycles. The van der Waals surface area contributed by atoms with Gasteiger partial charge < -0.3 is 12.4 Å². The molecule has 0 aliphatic carbocycles. The minimum atomic E-state index is 0. The van der Waals surface area contributed by atoms with Crippen LogP contribution in [-0.2, 0) is 53.8 Å². The SMILES string of the molecule is Cc1[c-]cccn1.[CH3-].[W+2].[Y]. The molecule has 10 heavy (non-hydrogen) atoms. The molecule has 0 bridgehead atoms. The largest absolute Gasteiger partial charge is 2.00 e. The van der Waals surface area contributed by atoms with Gasteiger partial charge in [0.2, 0.25) is 0 Å². The van der Waals surface area contributed by atoms with Crippen LogP contribution in [0.1, 0.15) is 5.69 Å². The summed E-state index contributed by atoms with van der Waals surface area (Å²) < 4.78 is 0. The van der Waals surface area contributed by atoms with Crippen LogP contribution in [0.5, 0.6) is 0 Å². The molecule has 0 unspecified atom stereocenters. The van der Waals surface area contributed by atoms with Crippen molar-refractivity contribution < 1.29 is 53.8 Å². The maximum Gasteiger partial charge on any atom is 2.00 e. The van der Waals surface area contributed by atoms with Crippen molar-refractivity contribution in [1.82, 2.24) is 4.98 Å². The van der Waals surface area contributed by atoms with E-state index in [-0.39, 0.29) is 61.2 Å². The third kappa shape index (κ3) is 7.05. The molecule has 0 spiro atoms. The second kappa shape index (κ2) is 9.94. The first-order valence-corrected chi connectivity index (χ1v) is 2.19. The Morgan fingerprint density at radius 3 is 2.30 bits per heavy atom. The first kappa shape index (κ1) is 17.1. The standard InChI is InChI=1S/C6H6N.CH3.W.Y/c1-6-4-2-3-5-7-6;;;/h2-3,5H,1H3;1H3;;/q2*-1;+2;. The van der Waals surface area contributed by atoms with Crippen LogP contribution in [-0.4, -0.2) is 4.98 Å². The summed E-state index contributed by atoms with van der Waals surface area (Å²) in [5.41, 5.74) is 0.947. The van der Waals surface area contributed by atoms with E-state index in [9.17, 15) is 0 Å². The molecule has 1 aromatic heterocycles. The Morgan fingerprint density at radius 1 is 1.50 bits per heavy atom. The third-order valence-electron chi connectivity index (χ3n) is 0.743. The van der Waals surface area contributed by atoms with E-state index in [2.05, 4.69) is 11.1 Å². The molecular weight excluding hydrogens is 371 g/mol. The number of rotatable bonds is 0. The minimum Gasteiger partial charge on any atom is -0.358 e. The zero-order valence-electron chi connectivity index (χ0n) is 6.16. The van der Waals surface area contributed by atoms with E-state index < -0.39 is 0 Å². The minimum absolute atomic E-state index is 0. The van der Waals surface area contributed by atoms with E-state index in [0.29, 0.717) is 0 Å². The predicted octanol–water partition coefficient (Wildman–Crippen LogP) is 1.64. The summed E-state index contributed by atoms with van der Waals surface area (Å²) in [6, 6.07) is 6.62. The molecule has 0 saturated heterocycles. The molecule has 0 fully saturated rings. The van der Waals surface area contributed by atoms with Gasteiger partial charge in [-0.15, -0.1) is 0 Å². The van der Waals surface area contributed by atoms with Gasteiger partial charge >= 0.3 is 21.1 Å². The molecule has 1 aromatic rings. The van der Waals surface area contributed by atoms with E-state index in [1.165, 1.54) is 0 Å². The molecule has 0 aliphatic heterocycles. The quantitative estimate of drug-likeness (QED) is 0.624. The number of hydrogen-bond donors (Lipinski definition) is 0. The summed E-state index contributed by atoms with van der Waals surface area (Å²) in [6.07, 6.45) is 1.76. The van der Waals surface area contributed by atoms with Crippen LogP contribution in [0.3, 0.4) is 0 Å². The molecule has 3 heteroatoms.